The van der Waals surface area contributed by atoms with Crippen LogP contribution >= 0.6 is 0 Å². The molecule has 0 heterocycles. The molecule has 1 aliphatic carbocycles. The van der Waals surface area contributed by atoms with E-state index in [9.17, 15) is 18.0 Å². The maximum absolute atomic E-state index is 12.5. The number of benzene rings is 2. The summed E-state index contributed by atoms with van der Waals surface area (Å²) in [6, 6.07) is 14.5. The van der Waals surface area contributed by atoms with E-state index in [0.717, 1.165) is 0 Å². The van der Waals surface area contributed by atoms with Gasteiger partial charge in [-0.25, -0.2) is 8.42 Å². The van der Waals surface area contributed by atoms with Crippen molar-refractivity contribution >= 4 is 21.7 Å². The number of hydrogen-bond donors (Lipinski definition) is 2. The first-order valence-electron chi connectivity index (χ1n) is 8.75. The Balaban J connectivity index is 1.68. The van der Waals surface area contributed by atoms with Gasteiger partial charge in [-0.1, -0.05) is 30.3 Å². The largest absolute Gasteiger partial charge is 0.481 e. The number of rotatable bonds is 6. The molecule has 0 spiro atoms. The summed E-state index contributed by atoms with van der Waals surface area (Å²) >= 11 is 0. The number of carboxylic acids is 1. The Morgan fingerprint density at radius 3 is 2.44 bits per heavy atom. The molecule has 2 aromatic rings. The predicted molar refractivity (Wildman–Crippen MR) is 100 cm³/mol. The summed E-state index contributed by atoms with van der Waals surface area (Å²) in [7, 11) is -3.49. The maximum atomic E-state index is 12.5. The Bertz CT molecular complexity index is 940. The van der Waals surface area contributed by atoms with Gasteiger partial charge in [-0.2, -0.15) is 0 Å². The smallest absolute Gasteiger partial charge is 0.306 e. The average molecular weight is 387 g/mol. The van der Waals surface area contributed by atoms with E-state index in [1.54, 1.807) is 54.6 Å². The highest BCUT2D eigenvalue weighted by Crippen LogP contribution is 2.26. The minimum atomic E-state index is -3.49. The van der Waals surface area contributed by atoms with Crippen LogP contribution in [-0.2, 0) is 20.4 Å². The highest BCUT2D eigenvalue weighted by Gasteiger charge is 2.30. The second kappa shape index (κ2) is 7.92. The molecule has 0 bridgehead atoms. The Hall–Kier alpha value is -2.67. The number of nitrogens with one attached hydrogen (secondary N) is 1. The number of amides is 1. The molecule has 2 atom stereocenters. The number of carboxylic acid groups (broad SMARTS) is 1. The van der Waals surface area contributed by atoms with Crippen LogP contribution in [-0.4, -0.2) is 31.4 Å². The number of hydrogen-bond acceptors (Lipinski definition) is 4. The fourth-order valence-electron chi connectivity index (χ4n) is 3.34. The molecule has 1 saturated carbocycles. The lowest BCUT2D eigenvalue weighted by Gasteiger charge is -2.13. The van der Waals surface area contributed by atoms with Crippen molar-refractivity contribution in [2.75, 3.05) is 0 Å². The number of sulfone groups is 1. The van der Waals surface area contributed by atoms with Crippen LogP contribution in [0, 0.1) is 5.92 Å². The van der Waals surface area contributed by atoms with Gasteiger partial charge in [0.15, 0.2) is 9.84 Å². The van der Waals surface area contributed by atoms with E-state index in [-0.39, 0.29) is 22.6 Å². The number of aliphatic carboxylic acids is 1. The Morgan fingerprint density at radius 2 is 1.78 bits per heavy atom. The normalized spacial score (nSPS) is 19.6. The van der Waals surface area contributed by atoms with Crippen LogP contribution in [0.2, 0.25) is 0 Å². The molecule has 2 N–H and O–H groups in total. The van der Waals surface area contributed by atoms with E-state index < -0.39 is 21.7 Å². The quantitative estimate of drug-likeness (QED) is 0.794. The Labute approximate surface area is 158 Å². The van der Waals surface area contributed by atoms with Crippen molar-refractivity contribution in [3.8, 4) is 0 Å². The zero-order valence-corrected chi connectivity index (χ0v) is 15.5. The van der Waals surface area contributed by atoms with Crippen LogP contribution in [0.5, 0.6) is 0 Å². The number of carbonyl (C=O) groups excluding carboxylic acids is 1. The first-order valence-corrected chi connectivity index (χ1v) is 10.4. The van der Waals surface area contributed by atoms with Crippen molar-refractivity contribution in [1.82, 2.24) is 5.32 Å². The third-order valence-electron chi connectivity index (χ3n) is 4.77. The minimum absolute atomic E-state index is 0.171. The van der Waals surface area contributed by atoms with Gasteiger partial charge in [0.1, 0.15) is 0 Å². The molecule has 1 aliphatic rings. The third kappa shape index (κ3) is 4.74. The van der Waals surface area contributed by atoms with Crippen molar-refractivity contribution in [2.45, 2.75) is 36.0 Å². The fourth-order valence-corrected chi connectivity index (χ4v) is 4.70. The summed E-state index contributed by atoms with van der Waals surface area (Å²) < 4.78 is 25.0. The summed E-state index contributed by atoms with van der Waals surface area (Å²) in [6.07, 6.45) is 1.60. The lowest BCUT2D eigenvalue weighted by atomic mass is 10.1. The summed E-state index contributed by atoms with van der Waals surface area (Å²) in [5, 5.41) is 11.9. The van der Waals surface area contributed by atoms with Gasteiger partial charge in [0.2, 0.25) is 0 Å². The molecule has 3 rings (SSSR count). The maximum Gasteiger partial charge on any atom is 0.306 e. The molecule has 0 aliphatic heterocycles. The minimum Gasteiger partial charge on any atom is -0.481 e. The van der Waals surface area contributed by atoms with Crippen LogP contribution in [0.1, 0.15) is 35.2 Å². The third-order valence-corrected chi connectivity index (χ3v) is 6.47. The van der Waals surface area contributed by atoms with Crippen LogP contribution in [0.3, 0.4) is 0 Å². The summed E-state index contributed by atoms with van der Waals surface area (Å²) in [5.41, 5.74) is 0.899. The van der Waals surface area contributed by atoms with Gasteiger partial charge in [0.05, 0.1) is 16.6 Å². The molecule has 27 heavy (non-hydrogen) atoms. The number of carbonyl (C=O) groups is 2. The van der Waals surface area contributed by atoms with E-state index in [2.05, 4.69) is 5.32 Å². The van der Waals surface area contributed by atoms with E-state index in [4.69, 9.17) is 5.11 Å². The van der Waals surface area contributed by atoms with Crippen LogP contribution in [0.15, 0.2) is 59.5 Å². The lowest BCUT2D eigenvalue weighted by Crippen LogP contribution is -2.33. The first kappa shape index (κ1) is 19.1. The lowest BCUT2D eigenvalue weighted by molar-refractivity contribution is -0.141. The molecule has 1 amide bonds. The zero-order valence-electron chi connectivity index (χ0n) is 14.7. The second-order valence-electron chi connectivity index (χ2n) is 6.79. The van der Waals surface area contributed by atoms with E-state index >= 15 is 0 Å². The zero-order chi connectivity index (χ0) is 19.4. The van der Waals surface area contributed by atoms with Crippen LogP contribution < -0.4 is 5.32 Å². The Kier molecular flexibility index (Phi) is 5.60. The molecule has 0 unspecified atom stereocenters. The van der Waals surface area contributed by atoms with Gasteiger partial charge >= 0.3 is 5.97 Å². The molecule has 7 heteroatoms. The van der Waals surface area contributed by atoms with Gasteiger partial charge in [-0.05, 0) is 49.1 Å². The van der Waals surface area contributed by atoms with Crippen LogP contribution in [0.4, 0.5) is 0 Å². The molecule has 142 valence electrons. The monoisotopic (exact) mass is 387 g/mol. The van der Waals surface area contributed by atoms with Gasteiger partial charge in [-0.15, -0.1) is 0 Å². The molecular weight excluding hydrogens is 366 g/mol. The SMILES string of the molecule is O=C(N[C@@H]1CC[C@H](C(=O)O)C1)c1cccc(CS(=O)(=O)c2ccccc2)c1. The Morgan fingerprint density at radius 1 is 1.04 bits per heavy atom. The van der Waals surface area contributed by atoms with Gasteiger partial charge < -0.3 is 10.4 Å². The fraction of sp³-hybridized carbons (Fsp3) is 0.300. The van der Waals surface area contributed by atoms with Gasteiger partial charge in [-0.3, -0.25) is 9.59 Å². The molecule has 2 aromatic carbocycles. The highest BCUT2D eigenvalue weighted by atomic mass is 32.2. The van der Waals surface area contributed by atoms with E-state index in [1.807, 2.05) is 0 Å². The van der Waals surface area contributed by atoms with Crippen molar-refractivity contribution in [3.63, 3.8) is 0 Å². The second-order valence-corrected chi connectivity index (χ2v) is 8.78. The van der Waals surface area contributed by atoms with Crippen molar-refractivity contribution in [1.29, 1.82) is 0 Å². The van der Waals surface area contributed by atoms with Gasteiger partial charge in [0.25, 0.3) is 5.91 Å². The molecule has 0 saturated heterocycles. The van der Waals surface area contributed by atoms with Crippen molar-refractivity contribution in [3.05, 3.63) is 65.7 Å². The topological polar surface area (TPSA) is 101 Å². The molecular formula is C20H21NO5S. The molecule has 1 fully saturated rings. The van der Waals surface area contributed by atoms with E-state index in [0.29, 0.717) is 30.4 Å². The van der Waals surface area contributed by atoms with Crippen molar-refractivity contribution < 1.29 is 23.1 Å². The average Bonchev–Trinajstić information content (AvgIpc) is 3.11. The summed E-state index contributed by atoms with van der Waals surface area (Å²) in [5.74, 6) is -1.76. The van der Waals surface area contributed by atoms with Crippen LogP contribution in [0.25, 0.3) is 0 Å². The molecule has 6 nitrogen and oxygen atoms in total. The predicted octanol–water partition coefficient (Wildman–Crippen LogP) is 2.64. The summed E-state index contributed by atoms with van der Waals surface area (Å²) in [6.45, 7) is 0. The molecule has 0 aromatic heterocycles. The standard InChI is InChI=1S/C20H21NO5S/c22-19(21-17-10-9-16(12-17)20(23)24)15-6-4-5-14(11-15)13-27(25,26)18-7-2-1-3-8-18/h1-8,11,16-17H,9-10,12-13H2,(H,21,22)(H,23,24)/t16-,17+/m0/s1. The highest BCUT2D eigenvalue weighted by molar-refractivity contribution is 7.90. The van der Waals surface area contributed by atoms with E-state index in [1.165, 1.54) is 0 Å². The van der Waals surface area contributed by atoms with Gasteiger partial charge in [0, 0.05) is 11.6 Å². The summed E-state index contributed by atoms with van der Waals surface area (Å²) in [4.78, 5) is 23.7. The molecule has 0 radical (unpaired) electrons. The van der Waals surface area contributed by atoms with Crippen molar-refractivity contribution in [2.24, 2.45) is 5.92 Å². The first-order chi connectivity index (χ1) is 12.8.